The number of unbranched alkanes of at least 4 members (excludes halogenated alkanes) is 34. The zero-order valence-electron chi connectivity index (χ0n) is 42.3. The Morgan fingerprint density at radius 1 is 0.397 bits per heavy atom. The van der Waals surface area contributed by atoms with Gasteiger partial charge in [-0.3, -0.25) is 4.79 Å². The van der Waals surface area contributed by atoms with Crippen LogP contribution in [0.4, 0.5) is 0 Å². The van der Waals surface area contributed by atoms with Gasteiger partial charge in [0.25, 0.3) is 0 Å². The Labute approximate surface area is 394 Å². The van der Waals surface area contributed by atoms with Crippen LogP contribution in [0.3, 0.4) is 0 Å². The number of rotatable bonds is 51. The lowest BCUT2D eigenvalue weighted by atomic mass is 10.0. The van der Waals surface area contributed by atoms with Crippen molar-refractivity contribution in [1.82, 2.24) is 5.32 Å². The van der Waals surface area contributed by atoms with Gasteiger partial charge in [0.15, 0.2) is 0 Å². The number of allylic oxidation sites excluding steroid dienone is 10. The van der Waals surface area contributed by atoms with E-state index in [0.29, 0.717) is 12.8 Å². The second kappa shape index (κ2) is 54.4. The average molecular weight is 881 g/mol. The molecule has 0 rings (SSSR count). The number of nitrogens with one attached hydrogen (secondary N) is 1. The minimum absolute atomic E-state index is 0.0297. The van der Waals surface area contributed by atoms with Crippen molar-refractivity contribution < 1.29 is 15.0 Å². The molecule has 2 atom stereocenters. The van der Waals surface area contributed by atoms with Crippen molar-refractivity contribution >= 4 is 5.91 Å². The Morgan fingerprint density at radius 3 is 1.05 bits per heavy atom. The summed E-state index contributed by atoms with van der Waals surface area (Å²) < 4.78 is 0. The minimum atomic E-state index is -0.661. The van der Waals surface area contributed by atoms with E-state index in [0.717, 1.165) is 57.8 Å². The van der Waals surface area contributed by atoms with E-state index in [4.69, 9.17) is 0 Å². The Morgan fingerprint density at radius 2 is 0.698 bits per heavy atom. The summed E-state index contributed by atoms with van der Waals surface area (Å²) in [6.45, 7) is 4.27. The van der Waals surface area contributed by atoms with Gasteiger partial charge in [-0.25, -0.2) is 0 Å². The van der Waals surface area contributed by atoms with Crippen LogP contribution in [0.1, 0.15) is 290 Å². The summed E-state index contributed by atoms with van der Waals surface area (Å²) in [4.78, 5) is 12.5. The van der Waals surface area contributed by atoms with E-state index in [1.54, 1.807) is 0 Å². The highest BCUT2D eigenvalue weighted by atomic mass is 16.3. The van der Waals surface area contributed by atoms with Gasteiger partial charge in [0.2, 0.25) is 5.91 Å². The predicted octanol–water partition coefficient (Wildman–Crippen LogP) is 18.4. The monoisotopic (exact) mass is 880 g/mol. The van der Waals surface area contributed by atoms with E-state index in [1.807, 2.05) is 0 Å². The Bertz CT molecular complexity index is 1040. The summed E-state index contributed by atoms with van der Waals surface area (Å²) in [7, 11) is 0. The topological polar surface area (TPSA) is 69.6 Å². The maximum absolute atomic E-state index is 12.5. The van der Waals surface area contributed by atoms with Crippen LogP contribution in [-0.4, -0.2) is 34.9 Å². The number of hydrogen-bond acceptors (Lipinski definition) is 3. The molecule has 0 radical (unpaired) electrons. The molecule has 368 valence electrons. The molecule has 0 aliphatic carbocycles. The zero-order valence-corrected chi connectivity index (χ0v) is 42.3. The molecule has 63 heavy (non-hydrogen) atoms. The number of amides is 1. The van der Waals surface area contributed by atoms with Gasteiger partial charge < -0.3 is 15.5 Å². The Balaban J connectivity index is 3.47. The number of aliphatic hydroxyl groups is 2. The quantitative estimate of drug-likeness (QED) is 0.0421. The molecule has 4 heteroatoms. The van der Waals surface area contributed by atoms with E-state index < -0.39 is 12.1 Å². The molecule has 0 bridgehead atoms. The SMILES string of the molecule is CC/C=C\C/C=C\C/C=C\C/C=C\C/C=C\CCCCCCCCCCCCCCCCCC(=O)NC(CO)C(O)CCCCCCCCCCCCCCCCCCCCCC. The van der Waals surface area contributed by atoms with Crippen molar-refractivity contribution in [1.29, 1.82) is 0 Å². The lowest BCUT2D eigenvalue weighted by Crippen LogP contribution is -2.45. The van der Waals surface area contributed by atoms with Crippen LogP contribution in [0.5, 0.6) is 0 Å². The molecule has 2 unspecified atom stereocenters. The molecule has 0 spiro atoms. The van der Waals surface area contributed by atoms with Gasteiger partial charge in [-0.2, -0.15) is 0 Å². The van der Waals surface area contributed by atoms with Gasteiger partial charge in [0.05, 0.1) is 18.8 Å². The first kappa shape index (κ1) is 61.1. The molecule has 0 heterocycles. The smallest absolute Gasteiger partial charge is 0.220 e. The van der Waals surface area contributed by atoms with Gasteiger partial charge in [0.1, 0.15) is 0 Å². The van der Waals surface area contributed by atoms with Crippen LogP contribution in [0.25, 0.3) is 0 Å². The number of carbonyl (C=O) groups is 1. The van der Waals surface area contributed by atoms with Gasteiger partial charge in [-0.1, -0.05) is 286 Å². The summed E-state index contributed by atoms with van der Waals surface area (Å²) in [5.41, 5.74) is 0. The first-order valence-electron chi connectivity index (χ1n) is 28.0. The highest BCUT2D eigenvalue weighted by molar-refractivity contribution is 5.76. The third-order valence-electron chi connectivity index (χ3n) is 12.8. The van der Waals surface area contributed by atoms with Crippen molar-refractivity contribution in [2.75, 3.05) is 6.61 Å². The number of aliphatic hydroxyl groups excluding tert-OH is 2. The van der Waals surface area contributed by atoms with Crippen LogP contribution >= 0.6 is 0 Å². The van der Waals surface area contributed by atoms with Crippen molar-refractivity contribution in [3.8, 4) is 0 Å². The van der Waals surface area contributed by atoms with Crippen molar-refractivity contribution in [2.24, 2.45) is 0 Å². The standard InChI is InChI=1S/C59H109NO3/c1-3-5-7-9-11-13-15-17-19-21-23-25-26-27-28-29-30-31-32-33-34-35-37-39-41-43-45-47-49-51-53-55-59(63)60-57(56-61)58(62)54-52-50-48-46-44-42-40-38-36-24-22-20-18-16-14-12-10-8-6-4-2/h5,7,11,13,17,19,23,25,27-28,57-58,61-62H,3-4,6,8-10,12,14-16,18,20-22,24,26,29-56H2,1-2H3,(H,60,63)/b7-5-,13-11-,19-17-,25-23-,28-27-. The molecule has 0 saturated heterocycles. The fraction of sp³-hybridized carbons (Fsp3) is 0.814. The summed E-state index contributed by atoms with van der Waals surface area (Å²) >= 11 is 0. The molecule has 0 saturated carbocycles. The van der Waals surface area contributed by atoms with E-state index in [1.165, 1.54) is 205 Å². The van der Waals surface area contributed by atoms with E-state index in [-0.39, 0.29) is 12.5 Å². The second-order valence-electron chi connectivity index (χ2n) is 19.0. The van der Waals surface area contributed by atoms with Crippen LogP contribution < -0.4 is 5.32 Å². The molecule has 0 aromatic rings. The highest BCUT2D eigenvalue weighted by Gasteiger charge is 2.20. The molecule has 0 aromatic heterocycles. The summed E-state index contributed by atoms with van der Waals surface area (Å²) in [5, 5.41) is 23.3. The predicted molar refractivity (Wildman–Crippen MR) is 281 cm³/mol. The molecule has 0 aliphatic rings. The molecular formula is C59H109NO3. The van der Waals surface area contributed by atoms with Crippen LogP contribution in [0.2, 0.25) is 0 Å². The summed E-state index contributed by atoms with van der Waals surface area (Å²) in [6.07, 6.45) is 76.3. The van der Waals surface area contributed by atoms with Crippen molar-refractivity contribution in [3.05, 3.63) is 60.8 Å². The molecule has 0 aromatic carbocycles. The summed E-state index contributed by atoms with van der Waals surface area (Å²) in [6, 6.07) is -0.538. The largest absolute Gasteiger partial charge is 0.394 e. The van der Waals surface area contributed by atoms with E-state index >= 15 is 0 Å². The fourth-order valence-corrected chi connectivity index (χ4v) is 8.57. The molecule has 3 N–H and O–H groups in total. The highest BCUT2D eigenvalue weighted by Crippen LogP contribution is 2.17. The molecule has 0 aliphatic heterocycles. The normalized spacial score (nSPS) is 13.3. The zero-order chi connectivity index (χ0) is 45.6. The van der Waals surface area contributed by atoms with Crippen LogP contribution in [-0.2, 0) is 4.79 Å². The fourth-order valence-electron chi connectivity index (χ4n) is 8.57. The van der Waals surface area contributed by atoms with Gasteiger partial charge in [-0.15, -0.1) is 0 Å². The Kier molecular flexibility index (Phi) is 52.8. The lowest BCUT2D eigenvalue weighted by Gasteiger charge is -2.22. The third-order valence-corrected chi connectivity index (χ3v) is 12.8. The number of carbonyl (C=O) groups excluding carboxylic acids is 1. The molecule has 0 fully saturated rings. The average Bonchev–Trinajstić information content (AvgIpc) is 3.29. The van der Waals surface area contributed by atoms with Gasteiger partial charge >= 0.3 is 0 Å². The van der Waals surface area contributed by atoms with Crippen LogP contribution in [0.15, 0.2) is 60.8 Å². The summed E-state index contributed by atoms with van der Waals surface area (Å²) in [5.74, 6) is -0.0297. The first-order chi connectivity index (χ1) is 31.2. The minimum Gasteiger partial charge on any atom is -0.394 e. The number of hydrogen-bond donors (Lipinski definition) is 3. The van der Waals surface area contributed by atoms with Gasteiger partial charge in [-0.05, 0) is 57.8 Å². The Hall–Kier alpha value is -1.91. The molecule has 4 nitrogen and oxygen atoms in total. The van der Waals surface area contributed by atoms with Crippen LogP contribution in [0, 0.1) is 0 Å². The van der Waals surface area contributed by atoms with Gasteiger partial charge in [0, 0.05) is 6.42 Å². The van der Waals surface area contributed by atoms with E-state index in [2.05, 4.69) is 79.9 Å². The second-order valence-corrected chi connectivity index (χ2v) is 19.0. The molecular weight excluding hydrogens is 771 g/mol. The molecule has 1 amide bonds. The van der Waals surface area contributed by atoms with Crippen molar-refractivity contribution in [3.63, 3.8) is 0 Å². The maximum atomic E-state index is 12.5. The first-order valence-corrected chi connectivity index (χ1v) is 28.0. The third kappa shape index (κ3) is 50.9. The lowest BCUT2D eigenvalue weighted by molar-refractivity contribution is -0.123. The maximum Gasteiger partial charge on any atom is 0.220 e. The van der Waals surface area contributed by atoms with Crippen molar-refractivity contribution in [2.45, 2.75) is 302 Å². The van der Waals surface area contributed by atoms with E-state index in [9.17, 15) is 15.0 Å².